The molecule has 0 aliphatic heterocycles. The minimum atomic E-state index is -3.74. The minimum Gasteiger partial charge on any atom is -0.464 e. The Hall–Kier alpha value is -1.03. The first-order valence-corrected chi connectivity index (χ1v) is 7.91. The summed E-state index contributed by atoms with van der Waals surface area (Å²) in [6.07, 6.45) is 1.35. The van der Waals surface area contributed by atoms with Gasteiger partial charge in [0.1, 0.15) is 0 Å². The third-order valence-electron chi connectivity index (χ3n) is 2.91. The number of carbonyl (C=O) groups excluding carboxylic acids is 1. The Morgan fingerprint density at radius 1 is 1.47 bits per heavy atom. The van der Waals surface area contributed by atoms with Crippen molar-refractivity contribution in [3.63, 3.8) is 0 Å². The Morgan fingerprint density at radius 2 is 2.16 bits per heavy atom. The molecule has 1 N–H and O–H groups in total. The van der Waals surface area contributed by atoms with E-state index < -0.39 is 16.0 Å². The molecule has 0 aromatic carbocycles. The van der Waals surface area contributed by atoms with Gasteiger partial charge in [0.15, 0.2) is 9.90 Å². The summed E-state index contributed by atoms with van der Waals surface area (Å²) in [7, 11) is -0.972. The number of ether oxygens (including phenoxy) is 2. The van der Waals surface area contributed by atoms with E-state index in [9.17, 15) is 13.2 Å². The number of esters is 1. The number of aromatic nitrogens is 1. The molecule has 0 atom stereocenters. The first-order chi connectivity index (χ1) is 8.97. The number of hydrogen-bond acceptors (Lipinski definition) is 7. The fraction of sp³-hybridized carbons (Fsp3) is 0.600. The molecule has 0 radical (unpaired) electrons. The van der Waals surface area contributed by atoms with Crippen LogP contribution in [0.3, 0.4) is 0 Å². The van der Waals surface area contributed by atoms with Gasteiger partial charge in [-0.2, -0.15) is 0 Å². The van der Waals surface area contributed by atoms with Gasteiger partial charge in [-0.25, -0.2) is 22.9 Å². The highest BCUT2D eigenvalue weighted by Gasteiger charge is 2.35. The number of nitrogens with one attached hydrogen (secondary N) is 1. The highest BCUT2D eigenvalue weighted by atomic mass is 32.2. The maximum absolute atomic E-state index is 12.1. The van der Waals surface area contributed by atoms with Gasteiger partial charge in [0.2, 0.25) is 0 Å². The molecule has 0 spiro atoms. The predicted octanol–water partition coefficient (Wildman–Crippen LogP) is 0.385. The molecule has 0 amide bonds. The van der Waals surface area contributed by atoms with Crippen molar-refractivity contribution in [3.05, 3.63) is 11.2 Å². The van der Waals surface area contributed by atoms with Crippen molar-refractivity contribution in [3.8, 4) is 0 Å². The maximum atomic E-state index is 12.1. The van der Waals surface area contributed by atoms with Gasteiger partial charge in [-0.1, -0.05) is 0 Å². The summed E-state index contributed by atoms with van der Waals surface area (Å²) in [6.45, 7) is 0. The van der Waals surface area contributed by atoms with E-state index >= 15 is 0 Å². The lowest BCUT2D eigenvalue weighted by molar-refractivity contribution is 0.0236. The van der Waals surface area contributed by atoms with E-state index in [2.05, 4.69) is 14.4 Å². The van der Waals surface area contributed by atoms with E-state index in [0.717, 1.165) is 11.3 Å². The van der Waals surface area contributed by atoms with Crippen LogP contribution in [0.5, 0.6) is 0 Å². The number of methoxy groups -OCH3 is 2. The monoisotopic (exact) mass is 306 g/mol. The standard InChI is InChI=1S/C10H14N2O5S2/c1-16-7-3-6(4-7)12-19(14,15)10-8(9(13)17-2)11-5-18-10/h5-7,12H,3-4H2,1-2H3. The van der Waals surface area contributed by atoms with Crippen molar-refractivity contribution in [2.75, 3.05) is 14.2 Å². The molecule has 19 heavy (non-hydrogen) atoms. The van der Waals surface area contributed by atoms with Gasteiger partial charge in [0, 0.05) is 13.2 Å². The van der Waals surface area contributed by atoms with Crippen molar-refractivity contribution in [2.24, 2.45) is 0 Å². The van der Waals surface area contributed by atoms with Crippen molar-refractivity contribution >= 4 is 27.3 Å². The smallest absolute Gasteiger partial charge is 0.358 e. The van der Waals surface area contributed by atoms with Crippen molar-refractivity contribution < 1.29 is 22.7 Å². The van der Waals surface area contributed by atoms with E-state index in [-0.39, 0.29) is 22.0 Å². The predicted molar refractivity (Wildman–Crippen MR) is 67.6 cm³/mol. The Labute approximate surface area is 115 Å². The zero-order chi connectivity index (χ0) is 14.0. The second kappa shape index (κ2) is 5.53. The van der Waals surface area contributed by atoms with Gasteiger partial charge in [-0.05, 0) is 12.8 Å². The molecule has 1 aliphatic carbocycles. The Balaban J connectivity index is 2.12. The molecule has 0 saturated heterocycles. The molecule has 7 nitrogen and oxygen atoms in total. The van der Waals surface area contributed by atoms with Gasteiger partial charge in [0.25, 0.3) is 10.0 Å². The minimum absolute atomic E-state index is 0.0919. The average molecular weight is 306 g/mol. The van der Waals surface area contributed by atoms with Gasteiger partial charge in [0.05, 0.1) is 18.7 Å². The molecule has 1 aliphatic rings. The van der Waals surface area contributed by atoms with Crippen molar-refractivity contribution in [1.82, 2.24) is 9.71 Å². The van der Waals surface area contributed by atoms with Crippen molar-refractivity contribution in [2.45, 2.75) is 29.2 Å². The summed E-state index contributed by atoms with van der Waals surface area (Å²) in [5.41, 5.74) is 1.13. The Morgan fingerprint density at radius 3 is 2.74 bits per heavy atom. The molecule has 1 aromatic rings. The van der Waals surface area contributed by atoms with E-state index in [1.54, 1.807) is 7.11 Å². The zero-order valence-electron chi connectivity index (χ0n) is 10.5. The molecule has 0 unspecified atom stereocenters. The lowest BCUT2D eigenvalue weighted by atomic mass is 9.90. The summed E-state index contributed by atoms with van der Waals surface area (Å²) < 4.78 is 36.3. The van der Waals surface area contributed by atoms with Crippen LogP contribution in [-0.2, 0) is 19.5 Å². The fourth-order valence-electron chi connectivity index (χ4n) is 1.79. The van der Waals surface area contributed by atoms with Crippen LogP contribution in [-0.4, -0.2) is 45.7 Å². The molecule has 9 heteroatoms. The quantitative estimate of drug-likeness (QED) is 0.791. The number of sulfonamides is 1. The molecule has 0 bridgehead atoms. The van der Waals surface area contributed by atoms with E-state index in [4.69, 9.17) is 4.74 Å². The van der Waals surface area contributed by atoms with Gasteiger partial charge in [-0.3, -0.25) is 0 Å². The lowest BCUT2D eigenvalue weighted by Gasteiger charge is -2.34. The van der Waals surface area contributed by atoms with Gasteiger partial charge >= 0.3 is 5.97 Å². The van der Waals surface area contributed by atoms with Crippen LogP contribution < -0.4 is 4.72 Å². The molecule has 106 valence electrons. The molecular weight excluding hydrogens is 292 g/mol. The number of thiazole rings is 1. The van der Waals surface area contributed by atoms with Crippen LogP contribution in [0.2, 0.25) is 0 Å². The molecule has 1 aromatic heterocycles. The van der Waals surface area contributed by atoms with Crippen LogP contribution in [0.4, 0.5) is 0 Å². The van der Waals surface area contributed by atoms with Gasteiger partial charge in [-0.15, -0.1) is 11.3 Å². The van der Waals surface area contributed by atoms with Crippen LogP contribution in [0, 0.1) is 0 Å². The second-order valence-electron chi connectivity index (χ2n) is 4.13. The third-order valence-corrected chi connectivity index (χ3v) is 5.80. The molecule has 1 saturated carbocycles. The van der Waals surface area contributed by atoms with Crippen LogP contribution in [0.15, 0.2) is 9.72 Å². The van der Waals surface area contributed by atoms with E-state index in [1.807, 2.05) is 0 Å². The fourth-order valence-corrected chi connectivity index (χ4v) is 4.20. The van der Waals surface area contributed by atoms with Crippen LogP contribution >= 0.6 is 11.3 Å². The third kappa shape index (κ3) is 2.94. The number of nitrogens with zero attached hydrogens (tertiary/aromatic N) is 1. The molecule has 1 fully saturated rings. The van der Waals surface area contributed by atoms with Gasteiger partial charge < -0.3 is 9.47 Å². The largest absolute Gasteiger partial charge is 0.464 e. The SMILES string of the molecule is COC(=O)c1ncsc1S(=O)(=O)NC1CC(OC)C1. The molecule has 2 rings (SSSR count). The van der Waals surface area contributed by atoms with E-state index in [0.29, 0.717) is 12.8 Å². The molecular formula is C10H14N2O5S2. The molecule has 1 heterocycles. The summed E-state index contributed by atoms with van der Waals surface area (Å²) >= 11 is 0.890. The maximum Gasteiger partial charge on any atom is 0.358 e. The first-order valence-electron chi connectivity index (χ1n) is 5.55. The van der Waals surface area contributed by atoms with Crippen LogP contribution in [0.25, 0.3) is 0 Å². The highest BCUT2D eigenvalue weighted by molar-refractivity contribution is 7.91. The van der Waals surface area contributed by atoms with Crippen LogP contribution in [0.1, 0.15) is 23.3 Å². The summed E-state index contributed by atoms with van der Waals surface area (Å²) in [5.74, 6) is -0.759. The average Bonchev–Trinajstić information content (AvgIpc) is 2.82. The summed E-state index contributed by atoms with van der Waals surface area (Å²) in [4.78, 5) is 15.2. The Bertz CT molecular complexity index is 562. The lowest BCUT2D eigenvalue weighted by Crippen LogP contribution is -2.47. The number of hydrogen-bond donors (Lipinski definition) is 1. The summed E-state index contributed by atoms with van der Waals surface area (Å²) in [5, 5.41) is 0. The number of rotatable bonds is 5. The van der Waals surface area contributed by atoms with E-state index in [1.165, 1.54) is 12.6 Å². The topological polar surface area (TPSA) is 94.6 Å². The zero-order valence-corrected chi connectivity index (χ0v) is 12.1. The Kier molecular flexibility index (Phi) is 4.19. The second-order valence-corrected chi connectivity index (χ2v) is 6.89. The first kappa shape index (κ1) is 14.4. The normalized spacial score (nSPS) is 22.8. The number of carbonyl (C=O) groups is 1. The summed E-state index contributed by atoms with van der Waals surface area (Å²) in [6, 6.07) is -0.164. The van der Waals surface area contributed by atoms with Crippen molar-refractivity contribution in [1.29, 1.82) is 0 Å². The highest BCUT2D eigenvalue weighted by Crippen LogP contribution is 2.26.